The highest BCUT2D eigenvalue weighted by Gasteiger charge is 2.47. The van der Waals surface area contributed by atoms with Gasteiger partial charge in [-0.2, -0.15) is 0 Å². The molecule has 0 N–H and O–H groups in total. The van der Waals surface area contributed by atoms with Crippen LogP contribution in [0.3, 0.4) is 0 Å². The summed E-state index contributed by atoms with van der Waals surface area (Å²) in [5.74, 6) is -0.275. The third kappa shape index (κ3) is 9.93. The minimum atomic E-state index is -0.220. The highest BCUT2D eigenvalue weighted by molar-refractivity contribution is 5.69. The molecule has 0 radical (unpaired) electrons. The van der Waals surface area contributed by atoms with Crippen molar-refractivity contribution in [1.82, 2.24) is 4.90 Å². The van der Waals surface area contributed by atoms with E-state index in [4.69, 9.17) is 9.47 Å². The molecular formula is C26H47NO4. The summed E-state index contributed by atoms with van der Waals surface area (Å²) < 4.78 is 11.3. The number of ether oxygens (including phenoxy) is 2. The zero-order valence-corrected chi connectivity index (χ0v) is 20.4. The first kappa shape index (κ1) is 26.2. The number of hydrogen-bond donors (Lipinski definition) is 0. The van der Waals surface area contributed by atoms with Crippen molar-refractivity contribution < 1.29 is 19.1 Å². The van der Waals surface area contributed by atoms with Crippen LogP contribution >= 0.6 is 0 Å². The van der Waals surface area contributed by atoms with Crippen LogP contribution in [0.15, 0.2) is 0 Å². The van der Waals surface area contributed by atoms with Gasteiger partial charge in [0.05, 0.1) is 6.04 Å². The van der Waals surface area contributed by atoms with Crippen molar-refractivity contribution >= 4 is 11.9 Å². The summed E-state index contributed by atoms with van der Waals surface area (Å²) in [5, 5.41) is 0. The Morgan fingerprint density at radius 2 is 1.32 bits per heavy atom. The van der Waals surface area contributed by atoms with Crippen LogP contribution in [0.2, 0.25) is 0 Å². The van der Waals surface area contributed by atoms with Gasteiger partial charge in [0.2, 0.25) is 0 Å². The van der Waals surface area contributed by atoms with E-state index in [9.17, 15) is 9.59 Å². The molecule has 0 aromatic rings. The molecule has 0 saturated carbocycles. The Morgan fingerprint density at radius 3 is 1.87 bits per heavy atom. The molecule has 0 aromatic carbocycles. The summed E-state index contributed by atoms with van der Waals surface area (Å²) in [4.78, 5) is 25.9. The van der Waals surface area contributed by atoms with Gasteiger partial charge in [-0.25, -0.2) is 0 Å². The predicted octanol–water partition coefficient (Wildman–Crippen LogP) is 6.18. The molecule has 0 amide bonds. The predicted molar refractivity (Wildman–Crippen MR) is 125 cm³/mol. The molecule has 2 bridgehead atoms. The number of piperidine rings is 1. The summed E-state index contributed by atoms with van der Waals surface area (Å²) >= 11 is 0. The van der Waals surface area contributed by atoms with Crippen molar-refractivity contribution in [3.8, 4) is 0 Å². The number of hydrogen-bond acceptors (Lipinski definition) is 5. The molecule has 2 heterocycles. The van der Waals surface area contributed by atoms with E-state index in [-0.39, 0.29) is 30.2 Å². The Morgan fingerprint density at radius 1 is 0.774 bits per heavy atom. The molecule has 2 fully saturated rings. The van der Waals surface area contributed by atoms with Gasteiger partial charge in [0.15, 0.2) is 0 Å². The molecular weight excluding hydrogens is 390 g/mol. The first-order chi connectivity index (χ1) is 15.0. The van der Waals surface area contributed by atoms with Crippen molar-refractivity contribution in [2.75, 3.05) is 7.05 Å². The Labute approximate surface area is 190 Å². The molecule has 4 atom stereocenters. The highest BCUT2D eigenvalue weighted by Crippen LogP contribution is 2.37. The number of carbonyl (C=O) groups excluding carboxylic acids is 2. The van der Waals surface area contributed by atoms with Gasteiger partial charge in [0, 0.05) is 38.6 Å². The molecule has 180 valence electrons. The average Bonchev–Trinajstić information content (AvgIpc) is 2.88. The average molecular weight is 438 g/mol. The Kier molecular flexibility index (Phi) is 12.5. The standard InChI is InChI=1S/C26H47NO4/c1-4-5-6-7-8-9-10-11-12-13-14-15-16-17-26(29)31-23-18-22-19-25(30-21(2)28)24(20-23)27(22)3/h22-25H,4-20H2,1-3H3/t22-,23-,24+,25-/m0/s1. The molecule has 0 unspecified atom stereocenters. The summed E-state index contributed by atoms with van der Waals surface area (Å²) in [6.07, 6.45) is 19.9. The van der Waals surface area contributed by atoms with Gasteiger partial charge in [-0.05, 0) is 13.5 Å². The van der Waals surface area contributed by atoms with E-state index in [2.05, 4.69) is 18.9 Å². The van der Waals surface area contributed by atoms with Gasteiger partial charge in [0.25, 0.3) is 0 Å². The van der Waals surface area contributed by atoms with E-state index in [0.717, 1.165) is 32.1 Å². The Hall–Kier alpha value is -1.10. The molecule has 5 nitrogen and oxygen atoms in total. The van der Waals surface area contributed by atoms with Gasteiger partial charge in [-0.3, -0.25) is 14.5 Å². The number of unbranched alkanes of at least 4 members (excludes halogenated alkanes) is 12. The van der Waals surface area contributed by atoms with Crippen LogP contribution < -0.4 is 0 Å². The fourth-order valence-electron chi connectivity index (χ4n) is 5.34. The van der Waals surface area contributed by atoms with Crippen LogP contribution in [0.25, 0.3) is 0 Å². The van der Waals surface area contributed by atoms with Crippen molar-refractivity contribution in [3.05, 3.63) is 0 Å². The van der Waals surface area contributed by atoms with Crippen molar-refractivity contribution in [2.45, 2.75) is 147 Å². The normalized spacial score (nSPS) is 25.5. The van der Waals surface area contributed by atoms with Crippen LogP contribution in [-0.4, -0.2) is 48.2 Å². The molecule has 0 spiro atoms. The Balaban J connectivity index is 1.45. The van der Waals surface area contributed by atoms with Gasteiger partial charge >= 0.3 is 11.9 Å². The summed E-state index contributed by atoms with van der Waals surface area (Å²) in [7, 11) is 2.09. The fourth-order valence-corrected chi connectivity index (χ4v) is 5.34. The number of fused-ring (bicyclic) bond motifs is 2. The number of esters is 2. The second-order valence-corrected chi connectivity index (χ2v) is 9.85. The van der Waals surface area contributed by atoms with Crippen molar-refractivity contribution in [3.63, 3.8) is 0 Å². The van der Waals surface area contributed by atoms with E-state index in [1.807, 2.05) is 0 Å². The third-order valence-corrected chi connectivity index (χ3v) is 7.17. The topological polar surface area (TPSA) is 55.8 Å². The fraction of sp³-hybridized carbons (Fsp3) is 0.923. The summed E-state index contributed by atoms with van der Waals surface area (Å²) in [6, 6.07) is 0.522. The van der Waals surface area contributed by atoms with Crippen molar-refractivity contribution in [2.24, 2.45) is 0 Å². The lowest BCUT2D eigenvalue weighted by Gasteiger charge is -2.36. The molecule has 0 aromatic heterocycles. The lowest BCUT2D eigenvalue weighted by molar-refractivity contribution is -0.155. The monoisotopic (exact) mass is 437 g/mol. The number of rotatable bonds is 16. The van der Waals surface area contributed by atoms with E-state index in [1.54, 1.807) is 0 Å². The highest BCUT2D eigenvalue weighted by atomic mass is 16.6. The number of nitrogens with zero attached hydrogens (tertiary/aromatic N) is 1. The quantitative estimate of drug-likeness (QED) is 0.213. The molecule has 2 saturated heterocycles. The second-order valence-electron chi connectivity index (χ2n) is 9.85. The second kappa shape index (κ2) is 14.9. The van der Waals surface area contributed by atoms with Gasteiger partial charge in [-0.1, -0.05) is 84.0 Å². The van der Waals surface area contributed by atoms with E-state index >= 15 is 0 Å². The number of carbonyl (C=O) groups is 2. The molecule has 31 heavy (non-hydrogen) atoms. The third-order valence-electron chi connectivity index (χ3n) is 7.17. The lowest BCUT2D eigenvalue weighted by Crippen LogP contribution is -2.46. The molecule has 2 aliphatic rings. The van der Waals surface area contributed by atoms with Crippen LogP contribution in [0, 0.1) is 0 Å². The minimum Gasteiger partial charge on any atom is -0.462 e. The van der Waals surface area contributed by atoms with Crippen LogP contribution in [-0.2, 0) is 19.1 Å². The molecule has 2 aliphatic heterocycles. The van der Waals surface area contributed by atoms with E-state index in [0.29, 0.717) is 12.5 Å². The first-order valence-corrected chi connectivity index (χ1v) is 13.1. The lowest BCUT2D eigenvalue weighted by atomic mass is 10.00. The zero-order valence-electron chi connectivity index (χ0n) is 20.4. The summed E-state index contributed by atoms with van der Waals surface area (Å²) in [5.41, 5.74) is 0. The smallest absolute Gasteiger partial charge is 0.306 e. The maximum Gasteiger partial charge on any atom is 0.306 e. The number of likely N-dealkylation sites (N-methyl/N-ethyl adjacent to an activating group) is 1. The zero-order chi connectivity index (χ0) is 22.5. The minimum absolute atomic E-state index is 0.0266. The Bertz CT molecular complexity index is 524. The maximum absolute atomic E-state index is 12.3. The first-order valence-electron chi connectivity index (χ1n) is 13.1. The SMILES string of the molecule is CCCCCCCCCCCCCCCC(=O)O[C@H]1C[C@H]2C[C@H](OC(C)=O)[C@@H](C1)N2C. The van der Waals surface area contributed by atoms with Gasteiger partial charge in [0.1, 0.15) is 12.2 Å². The molecule has 2 rings (SSSR count). The summed E-state index contributed by atoms with van der Waals surface area (Å²) in [6.45, 7) is 3.74. The van der Waals surface area contributed by atoms with Crippen molar-refractivity contribution in [1.29, 1.82) is 0 Å². The molecule has 0 aliphatic carbocycles. The van der Waals surface area contributed by atoms with E-state index < -0.39 is 0 Å². The van der Waals surface area contributed by atoms with Crippen LogP contribution in [0.5, 0.6) is 0 Å². The largest absolute Gasteiger partial charge is 0.462 e. The van der Waals surface area contributed by atoms with Gasteiger partial charge in [-0.15, -0.1) is 0 Å². The molecule has 5 heteroatoms. The van der Waals surface area contributed by atoms with E-state index in [1.165, 1.54) is 77.6 Å². The van der Waals surface area contributed by atoms with Crippen LogP contribution in [0.1, 0.15) is 123 Å². The maximum atomic E-state index is 12.3. The van der Waals surface area contributed by atoms with Crippen LogP contribution in [0.4, 0.5) is 0 Å². The van der Waals surface area contributed by atoms with Gasteiger partial charge < -0.3 is 9.47 Å².